The largest absolute Gasteiger partial charge is 0.464 e. The number of rotatable bonds is 8. The molecule has 1 fully saturated rings. The third-order valence-electron chi connectivity index (χ3n) is 4.81. The standard InChI is InChI=1S/C19H23ClN2O4/c1-4-22(5-2)6-7-25-19(24)14-10-13(14)17(23)12-8-15(20)18-16(9-12)21-11(3)26-18/h8-9,13-14H,4-7,10H2,1-3H3/t13-,14-/m0/s1. The van der Waals surface area contributed by atoms with E-state index in [0.29, 0.717) is 47.1 Å². The van der Waals surface area contributed by atoms with Crippen molar-refractivity contribution in [2.24, 2.45) is 11.8 Å². The molecule has 0 bridgehead atoms. The van der Waals surface area contributed by atoms with Gasteiger partial charge in [0, 0.05) is 24.9 Å². The summed E-state index contributed by atoms with van der Waals surface area (Å²) in [6.45, 7) is 8.77. The van der Waals surface area contributed by atoms with Gasteiger partial charge in [0.2, 0.25) is 0 Å². The van der Waals surface area contributed by atoms with Gasteiger partial charge in [-0.1, -0.05) is 25.4 Å². The second-order valence-electron chi connectivity index (χ2n) is 6.55. The van der Waals surface area contributed by atoms with Crippen molar-refractivity contribution in [2.75, 3.05) is 26.2 Å². The molecule has 140 valence electrons. The molecule has 2 aromatic rings. The van der Waals surface area contributed by atoms with Gasteiger partial charge in [-0.25, -0.2) is 4.98 Å². The number of hydrogen-bond acceptors (Lipinski definition) is 6. The first-order valence-corrected chi connectivity index (χ1v) is 9.32. The van der Waals surface area contributed by atoms with Crippen molar-refractivity contribution in [3.8, 4) is 0 Å². The normalized spacial score (nSPS) is 19.1. The van der Waals surface area contributed by atoms with Crippen molar-refractivity contribution in [1.29, 1.82) is 0 Å². The van der Waals surface area contributed by atoms with Gasteiger partial charge in [-0.15, -0.1) is 0 Å². The molecule has 0 aliphatic heterocycles. The number of Topliss-reactive ketones (excluding diaryl/α,β-unsaturated/α-hetero) is 1. The molecule has 3 rings (SSSR count). The number of hydrogen-bond donors (Lipinski definition) is 0. The SMILES string of the molecule is CCN(CC)CCOC(=O)[C@H]1C[C@@H]1C(=O)c1cc(Cl)c2oc(C)nc2c1. The zero-order valence-electron chi connectivity index (χ0n) is 15.3. The first-order chi connectivity index (χ1) is 12.4. The third-order valence-corrected chi connectivity index (χ3v) is 5.09. The van der Waals surface area contributed by atoms with Gasteiger partial charge in [-0.3, -0.25) is 9.59 Å². The lowest BCUT2D eigenvalue weighted by atomic mass is 10.1. The topological polar surface area (TPSA) is 72.6 Å². The molecule has 0 N–H and O–H groups in total. The van der Waals surface area contributed by atoms with E-state index >= 15 is 0 Å². The highest BCUT2D eigenvalue weighted by Gasteiger charge is 2.49. The Kier molecular flexibility index (Phi) is 5.63. The number of oxazole rings is 1. The van der Waals surface area contributed by atoms with Crippen LogP contribution in [0.4, 0.5) is 0 Å². The number of fused-ring (bicyclic) bond motifs is 1. The molecule has 0 radical (unpaired) electrons. The van der Waals surface area contributed by atoms with Crippen LogP contribution in [0.3, 0.4) is 0 Å². The predicted molar refractivity (Wildman–Crippen MR) is 98.4 cm³/mol. The van der Waals surface area contributed by atoms with E-state index in [1.54, 1.807) is 19.1 Å². The van der Waals surface area contributed by atoms with E-state index in [2.05, 4.69) is 23.7 Å². The Morgan fingerprint density at radius 2 is 2.04 bits per heavy atom. The number of aromatic nitrogens is 1. The molecule has 6 nitrogen and oxygen atoms in total. The van der Waals surface area contributed by atoms with Crippen molar-refractivity contribution in [2.45, 2.75) is 27.2 Å². The second-order valence-corrected chi connectivity index (χ2v) is 6.95. The number of aryl methyl sites for hydroxylation is 1. The van der Waals surface area contributed by atoms with Crippen LogP contribution >= 0.6 is 11.6 Å². The number of benzene rings is 1. The summed E-state index contributed by atoms with van der Waals surface area (Å²) in [6.07, 6.45) is 0.524. The van der Waals surface area contributed by atoms with Crippen LogP contribution in [-0.4, -0.2) is 47.9 Å². The van der Waals surface area contributed by atoms with Crippen molar-refractivity contribution in [3.63, 3.8) is 0 Å². The molecule has 0 spiro atoms. The maximum absolute atomic E-state index is 12.7. The average Bonchev–Trinajstić information content (AvgIpc) is 3.33. The number of carbonyl (C=O) groups is 2. The van der Waals surface area contributed by atoms with Crippen LogP contribution in [0.25, 0.3) is 11.1 Å². The maximum Gasteiger partial charge on any atom is 0.309 e. The average molecular weight is 379 g/mol. The summed E-state index contributed by atoms with van der Waals surface area (Å²) in [5.74, 6) is -0.585. The monoisotopic (exact) mass is 378 g/mol. The van der Waals surface area contributed by atoms with Crippen LogP contribution in [0.15, 0.2) is 16.5 Å². The van der Waals surface area contributed by atoms with Crippen molar-refractivity contribution in [3.05, 3.63) is 28.6 Å². The molecule has 1 aromatic carbocycles. The highest BCUT2D eigenvalue weighted by Crippen LogP contribution is 2.42. The number of halogens is 1. The van der Waals surface area contributed by atoms with E-state index in [0.717, 1.165) is 13.1 Å². The summed E-state index contributed by atoms with van der Waals surface area (Å²) in [7, 11) is 0. The number of likely N-dealkylation sites (N-methyl/N-ethyl adjacent to an activating group) is 1. The lowest BCUT2D eigenvalue weighted by molar-refractivity contribution is -0.145. The number of ether oxygens (including phenoxy) is 1. The summed E-state index contributed by atoms with van der Waals surface area (Å²) in [4.78, 5) is 31.2. The van der Waals surface area contributed by atoms with Gasteiger partial charge in [0.1, 0.15) is 12.1 Å². The highest BCUT2D eigenvalue weighted by molar-refractivity contribution is 6.35. The molecule has 2 atom stereocenters. The first kappa shape index (κ1) is 18.9. The van der Waals surface area contributed by atoms with Crippen LogP contribution < -0.4 is 0 Å². The zero-order valence-corrected chi connectivity index (χ0v) is 16.0. The Bertz CT molecular complexity index is 828. The van der Waals surface area contributed by atoms with E-state index in [-0.39, 0.29) is 23.6 Å². The quantitative estimate of drug-likeness (QED) is 0.517. The molecule has 0 saturated heterocycles. The molecule has 0 amide bonds. The van der Waals surface area contributed by atoms with Crippen LogP contribution in [0, 0.1) is 18.8 Å². The van der Waals surface area contributed by atoms with Gasteiger partial charge in [-0.05, 0) is 31.6 Å². The predicted octanol–water partition coefficient (Wildman–Crippen LogP) is 3.49. The van der Waals surface area contributed by atoms with E-state index in [4.69, 9.17) is 20.8 Å². The molecule has 1 aromatic heterocycles. The molecule has 1 aliphatic carbocycles. The lowest BCUT2D eigenvalue weighted by Crippen LogP contribution is -2.28. The number of ketones is 1. The summed E-state index contributed by atoms with van der Waals surface area (Å²) in [5, 5.41) is 0.352. The molecular weight excluding hydrogens is 356 g/mol. The van der Waals surface area contributed by atoms with Crippen LogP contribution in [0.2, 0.25) is 5.02 Å². The van der Waals surface area contributed by atoms with E-state index in [1.165, 1.54) is 0 Å². The van der Waals surface area contributed by atoms with E-state index in [9.17, 15) is 9.59 Å². The third kappa shape index (κ3) is 3.91. The van der Waals surface area contributed by atoms with E-state index in [1.807, 2.05) is 0 Å². The molecule has 1 aliphatic rings. The minimum atomic E-state index is -0.354. The maximum atomic E-state index is 12.7. The van der Waals surface area contributed by atoms with Gasteiger partial charge in [-0.2, -0.15) is 0 Å². The number of esters is 1. The van der Waals surface area contributed by atoms with Crippen molar-refractivity contribution in [1.82, 2.24) is 9.88 Å². The van der Waals surface area contributed by atoms with Crippen LogP contribution in [-0.2, 0) is 9.53 Å². The summed E-state index contributed by atoms with van der Waals surface area (Å²) < 4.78 is 10.7. The molecule has 0 unspecified atom stereocenters. The Morgan fingerprint density at radius 1 is 1.31 bits per heavy atom. The van der Waals surface area contributed by atoms with Crippen LogP contribution in [0.1, 0.15) is 36.5 Å². The molecule has 7 heteroatoms. The Morgan fingerprint density at radius 3 is 2.73 bits per heavy atom. The number of carbonyl (C=O) groups excluding carboxylic acids is 2. The summed E-state index contributed by atoms with van der Waals surface area (Å²) in [5.41, 5.74) is 1.49. The minimum absolute atomic E-state index is 0.0971. The molecule has 26 heavy (non-hydrogen) atoms. The van der Waals surface area contributed by atoms with Gasteiger partial charge in [0.15, 0.2) is 17.3 Å². The molecule has 1 heterocycles. The fourth-order valence-corrected chi connectivity index (χ4v) is 3.38. The van der Waals surface area contributed by atoms with Gasteiger partial charge in [0.05, 0.1) is 10.9 Å². The fraction of sp³-hybridized carbons (Fsp3) is 0.526. The van der Waals surface area contributed by atoms with Gasteiger partial charge in [0.25, 0.3) is 0 Å². The van der Waals surface area contributed by atoms with E-state index < -0.39 is 0 Å². The Hall–Kier alpha value is -1.92. The van der Waals surface area contributed by atoms with Gasteiger partial charge >= 0.3 is 5.97 Å². The smallest absolute Gasteiger partial charge is 0.309 e. The first-order valence-electron chi connectivity index (χ1n) is 8.94. The zero-order chi connectivity index (χ0) is 18.8. The van der Waals surface area contributed by atoms with Crippen molar-refractivity contribution >= 4 is 34.5 Å². The fourth-order valence-electron chi connectivity index (χ4n) is 3.13. The Labute approximate surface area is 157 Å². The molecular formula is C19H23ClN2O4. The number of nitrogens with zero attached hydrogens (tertiary/aromatic N) is 2. The summed E-state index contributed by atoms with van der Waals surface area (Å²) >= 11 is 6.19. The molecule has 1 saturated carbocycles. The van der Waals surface area contributed by atoms with Crippen LogP contribution in [0.5, 0.6) is 0 Å². The Balaban J connectivity index is 1.59. The van der Waals surface area contributed by atoms with Crippen molar-refractivity contribution < 1.29 is 18.7 Å². The second kappa shape index (κ2) is 7.76. The lowest BCUT2D eigenvalue weighted by Gasteiger charge is -2.17. The minimum Gasteiger partial charge on any atom is -0.464 e. The van der Waals surface area contributed by atoms with Gasteiger partial charge < -0.3 is 14.1 Å². The highest BCUT2D eigenvalue weighted by atomic mass is 35.5. The summed E-state index contributed by atoms with van der Waals surface area (Å²) in [6, 6.07) is 3.25.